The van der Waals surface area contributed by atoms with E-state index in [1.54, 1.807) is 0 Å². The van der Waals surface area contributed by atoms with Crippen LogP contribution < -0.4 is 0 Å². The molecule has 0 unspecified atom stereocenters. The van der Waals surface area contributed by atoms with Crippen molar-refractivity contribution in [1.29, 1.82) is 0 Å². The molecule has 0 aromatic heterocycles. The first-order chi connectivity index (χ1) is 15.3. The zero-order chi connectivity index (χ0) is 20.6. The fourth-order valence-corrected chi connectivity index (χ4v) is 5.57. The molecule has 2 aromatic carbocycles. The molecule has 0 saturated heterocycles. The lowest BCUT2D eigenvalue weighted by Crippen LogP contribution is -2.12. The van der Waals surface area contributed by atoms with Crippen LogP contribution in [0.5, 0.6) is 0 Å². The number of hydrogen-bond donors (Lipinski definition) is 0. The molecule has 0 radical (unpaired) electrons. The SMILES string of the molecule is C(=Nc1ccc(C2CCC2)cc1C1CCC1)=Nc1ccc(C2CCC2)cc1C1CCC1. The average molecular weight is 411 g/mol. The van der Waals surface area contributed by atoms with Gasteiger partial charge in [-0.05, 0) is 109 Å². The summed E-state index contributed by atoms with van der Waals surface area (Å²) in [6.45, 7) is 0. The highest BCUT2D eigenvalue weighted by Crippen LogP contribution is 2.46. The van der Waals surface area contributed by atoms with Gasteiger partial charge in [0.25, 0.3) is 0 Å². The summed E-state index contributed by atoms with van der Waals surface area (Å²) in [6, 6.07) is 17.1. The molecule has 0 atom stereocenters. The maximum atomic E-state index is 4.76. The van der Waals surface area contributed by atoms with Gasteiger partial charge in [-0.25, -0.2) is 0 Å². The topological polar surface area (TPSA) is 24.7 Å². The molecule has 160 valence electrons. The Balaban J connectivity index is 1.29. The van der Waals surface area contributed by atoms with E-state index in [1.807, 2.05) is 0 Å². The normalized spacial score (nSPS) is 21.9. The molecule has 2 heteroatoms. The lowest BCUT2D eigenvalue weighted by atomic mass is 9.75. The van der Waals surface area contributed by atoms with Crippen LogP contribution in [0.25, 0.3) is 0 Å². The van der Waals surface area contributed by atoms with Crippen molar-refractivity contribution in [2.45, 2.75) is 101 Å². The summed E-state index contributed by atoms with van der Waals surface area (Å²) in [6.07, 6.45) is 16.1. The first kappa shape index (κ1) is 19.5. The maximum absolute atomic E-state index is 4.76. The monoisotopic (exact) mass is 410 g/mol. The van der Waals surface area contributed by atoms with Gasteiger partial charge >= 0.3 is 0 Å². The van der Waals surface area contributed by atoms with Crippen molar-refractivity contribution < 1.29 is 0 Å². The molecule has 0 spiro atoms. The molecular formula is C29H34N2. The largest absolute Gasteiger partial charge is 0.187 e. The quantitative estimate of drug-likeness (QED) is 0.425. The van der Waals surface area contributed by atoms with Gasteiger partial charge in [0.15, 0.2) is 0 Å². The molecule has 6 rings (SSSR count). The fourth-order valence-electron chi connectivity index (χ4n) is 5.57. The van der Waals surface area contributed by atoms with Crippen LogP contribution in [0.1, 0.15) is 123 Å². The summed E-state index contributed by atoms with van der Waals surface area (Å²) in [5, 5.41) is 0. The molecule has 4 aliphatic rings. The molecular weight excluding hydrogens is 376 g/mol. The van der Waals surface area contributed by atoms with Crippen molar-refractivity contribution >= 4 is 17.4 Å². The number of aliphatic imine (C=N–C) groups is 2. The Morgan fingerprint density at radius 2 is 0.903 bits per heavy atom. The van der Waals surface area contributed by atoms with E-state index in [2.05, 4.69) is 42.4 Å². The van der Waals surface area contributed by atoms with Crippen LogP contribution in [0.15, 0.2) is 46.4 Å². The Bertz CT molecular complexity index is 934. The maximum Gasteiger partial charge on any atom is 0.100 e. The molecule has 0 bridgehead atoms. The van der Waals surface area contributed by atoms with Crippen LogP contribution in [0.2, 0.25) is 0 Å². The van der Waals surface area contributed by atoms with Crippen LogP contribution in [0.3, 0.4) is 0 Å². The molecule has 0 heterocycles. The lowest BCUT2D eigenvalue weighted by Gasteiger charge is -2.30. The van der Waals surface area contributed by atoms with E-state index in [4.69, 9.17) is 9.98 Å². The highest BCUT2D eigenvalue weighted by Gasteiger charge is 2.27. The minimum atomic E-state index is 0.688. The Kier molecular flexibility index (Phi) is 5.28. The predicted octanol–water partition coefficient (Wildman–Crippen LogP) is 8.89. The van der Waals surface area contributed by atoms with Gasteiger partial charge in [0.2, 0.25) is 0 Å². The van der Waals surface area contributed by atoms with Crippen molar-refractivity contribution in [3.05, 3.63) is 58.7 Å². The summed E-state index contributed by atoms with van der Waals surface area (Å²) >= 11 is 0. The highest BCUT2D eigenvalue weighted by molar-refractivity contribution is 5.63. The van der Waals surface area contributed by atoms with Gasteiger partial charge in [0.1, 0.15) is 6.01 Å². The smallest absolute Gasteiger partial charge is 0.100 e. The Hall–Kier alpha value is -2.18. The van der Waals surface area contributed by atoms with E-state index in [0.29, 0.717) is 11.8 Å². The molecule has 4 saturated carbocycles. The molecule has 2 aromatic rings. The van der Waals surface area contributed by atoms with E-state index in [9.17, 15) is 0 Å². The number of rotatable bonds is 6. The van der Waals surface area contributed by atoms with E-state index >= 15 is 0 Å². The summed E-state index contributed by atoms with van der Waals surface area (Å²) in [4.78, 5) is 9.52. The van der Waals surface area contributed by atoms with Crippen LogP contribution in [0, 0.1) is 0 Å². The van der Waals surface area contributed by atoms with Crippen LogP contribution >= 0.6 is 0 Å². The average Bonchev–Trinajstić information content (AvgIpc) is 2.59. The van der Waals surface area contributed by atoms with Crippen molar-refractivity contribution in [1.82, 2.24) is 0 Å². The summed E-state index contributed by atoms with van der Waals surface area (Å²) in [7, 11) is 0. The van der Waals surface area contributed by atoms with Crippen molar-refractivity contribution in [2.75, 3.05) is 0 Å². The molecule has 0 aliphatic heterocycles. The second-order valence-corrected chi connectivity index (χ2v) is 10.5. The molecule has 4 aliphatic carbocycles. The predicted molar refractivity (Wildman–Crippen MR) is 128 cm³/mol. The summed E-state index contributed by atoms with van der Waals surface area (Å²) in [5.74, 6) is 2.94. The van der Waals surface area contributed by atoms with Gasteiger partial charge in [0, 0.05) is 0 Å². The van der Waals surface area contributed by atoms with Crippen molar-refractivity contribution in [3.63, 3.8) is 0 Å². The third kappa shape index (κ3) is 3.80. The minimum absolute atomic E-state index is 0.688. The van der Waals surface area contributed by atoms with Crippen LogP contribution in [-0.4, -0.2) is 6.01 Å². The zero-order valence-electron chi connectivity index (χ0n) is 18.7. The Morgan fingerprint density at radius 1 is 0.516 bits per heavy atom. The third-order valence-corrected chi connectivity index (χ3v) is 8.69. The second-order valence-electron chi connectivity index (χ2n) is 10.5. The van der Waals surface area contributed by atoms with Gasteiger partial charge in [-0.15, -0.1) is 0 Å². The molecule has 0 N–H and O–H groups in total. The number of nitrogens with zero attached hydrogens (tertiary/aromatic N) is 2. The number of hydrogen-bond acceptors (Lipinski definition) is 2. The fraction of sp³-hybridized carbons (Fsp3) is 0.552. The molecule has 2 nitrogen and oxygen atoms in total. The Morgan fingerprint density at radius 3 is 1.23 bits per heavy atom. The van der Waals surface area contributed by atoms with Gasteiger partial charge in [-0.2, -0.15) is 9.98 Å². The van der Waals surface area contributed by atoms with Crippen molar-refractivity contribution in [2.24, 2.45) is 9.98 Å². The standard InChI is InChI=1S/C29H34N2/c1-5-20(6-1)24-13-15-28(26(17-24)22-9-3-10-22)30-19-31-29-16-14-25(21-7-2-8-21)18-27(29)23-11-4-12-23/h13-18,20-23H,1-12H2. The summed E-state index contributed by atoms with van der Waals surface area (Å²) < 4.78 is 0. The highest BCUT2D eigenvalue weighted by atomic mass is 14.8. The minimum Gasteiger partial charge on any atom is -0.187 e. The van der Waals surface area contributed by atoms with E-state index in [1.165, 1.54) is 99.3 Å². The first-order valence-electron chi connectivity index (χ1n) is 12.8. The molecule has 4 fully saturated rings. The van der Waals surface area contributed by atoms with Gasteiger partial charge < -0.3 is 0 Å². The van der Waals surface area contributed by atoms with E-state index in [0.717, 1.165) is 23.2 Å². The van der Waals surface area contributed by atoms with E-state index < -0.39 is 0 Å². The van der Waals surface area contributed by atoms with Gasteiger partial charge in [-0.1, -0.05) is 49.9 Å². The second kappa shape index (κ2) is 8.40. The third-order valence-electron chi connectivity index (χ3n) is 8.69. The number of benzene rings is 2. The van der Waals surface area contributed by atoms with Crippen LogP contribution in [0.4, 0.5) is 11.4 Å². The van der Waals surface area contributed by atoms with Crippen LogP contribution in [-0.2, 0) is 0 Å². The van der Waals surface area contributed by atoms with Gasteiger partial charge in [-0.3, -0.25) is 0 Å². The first-order valence-corrected chi connectivity index (χ1v) is 12.8. The summed E-state index contributed by atoms with van der Waals surface area (Å²) in [5.41, 5.74) is 8.13. The van der Waals surface area contributed by atoms with E-state index in [-0.39, 0.29) is 0 Å². The molecule has 31 heavy (non-hydrogen) atoms. The molecule has 0 amide bonds. The lowest BCUT2D eigenvalue weighted by molar-refractivity contribution is 0.410. The zero-order valence-corrected chi connectivity index (χ0v) is 18.7. The Labute approximate surface area is 186 Å². The van der Waals surface area contributed by atoms with Crippen molar-refractivity contribution in [3.8, 4) is 0 Å². The van der Waals surface area contributed by atoms with Gasteiger partial charge in [0.05, 0.1) is 11.4 Å².